The van der Waals surface area contributed by atoms with Crippen molar-refractivity contribution in [1.82, 2.24) is 9.78 Å². The maximum absolute atomic E-state index is 9.21. The Kier molecular flexibility index (Phi) is 4.17. The van der Waals surface area contributed by atoms with E-state index in [1.165, 1.54) is 0 Å². The molecule has 90 valence electrons. The summed E-state index contributed by atoms with van der Waals surface area (Å²) in [5.41, 5.74) is 0.778. The van der Waals surface area contributed by atoms with E-state index in [4.69, 9.17) is 4.74 Å². The van der Waals surface area contributed by atoms with Gasteiger partial charge in [-0.1, -0.05) is 15.9 Å². The lowest BCUT2D eigenvalue weighted by Gasteiger charge is -2.10. The molecule has 0 aliphatic heterocycles. The highest BCUT2D eigenvalue weighted by Crippen LogP contribution is 2.23. The van der Waals surface area contributed by atoms with Crippen molar-refractivity contribution in [1.29, 1.82) is 0 Å². The Morgan fingerprint density at radius 1 is 1.41 bits per heavy atom. The standard InChI is InChI=1S/C12H13BrN2O2/c13-11-2-3-12(10(8-11)9-16)17-7-6-15-5-1-4-14-15/h1-5,8,16H,6-7,9H2. The van der Waals surface area contributed by atoms with Crippen molar-refractivity contribution in [3.05, 3.63) is 46.7 Å². The van der Waals surface area contributed by atoms with Gasteiger partial charge in [-0.15, -0.1) is 0 Å². The second-order valence-electron chi connectivity index (χ2n) is 3.53. The van der Waals surface area contributed by atoms with Crippen molar-refractivity contribution < 1.29 is 9.84 Å². The van der Waals surface area contributed by atoms with Crippen LogP contribution >= 0.6 is 15.9 Å². The van der Waals surface area contributed by atoms with Crippen molar-refractivity contribution in [2.75, 3.05) is 6.61 Å². The minimum atomic E-state index is -0.0312. The van der Waals surface area contributed by atoms with Crippen molar-refractivity contribution in [2.45, 2.75) is 13.2 Å². The van der Waals surface area contributed by atoms with E-state index in [0.29, 0.717) is 18.9 Å². The van der Waals surface area contributed by atoms with Gasteiger partial charge in [0.1, 0.15) is 12.4 Å². The molecule has 0 unspecified atom stereocenters. The van der Waals surface area contributed by atoms with Crippen LogP contribution in [-0.4, -0.2) is 21.5 Å². The molecule has 1 heterocycles. The van der Waals surface area contributed by atoms with E-state index in [1.54, 1.807) is 10.9 Å². The topological polar surface area (TPSA) is 47.3 Å². The van der Waals surface area contributed by atoms with Gasteiger partial charge in [-0.3, -0.25) is 4.68 Å². The van der Waals surface area contributed by atoms with Gasteiger partial charge in [-0.2, -0.15) is 5.10 Å². The summed E-state index contributed by atoms with van der Waals surface area (Å²) in [7, 11) is 0. The molecule has 1 N–H and O–H groups in total. The summed E-state index contributed by atoms with van der Waals surface area (Å²) >= 11 is 3.36. The predicted octanol–water partition coefficient (Wildman–Crippen LogP) is 2.22. The molecule has 1 aromatic carbocycles. The lowest BCUT2D eigenvalue weighted by atomic mass is 10.2. The van der Waals surface area contributed by atoms with E-state index < -0.39 is 0 Å². The SMILES string of the molecule is OCc1cc(Br)ccc1OCCn1cccn1. The Bertz CT molecular complexity index is 471. The molecule has 2 aromatic rings. The Labute approximate surface area is 108 Å². The number of hydrogen-bond acceptors (Lipinski definition) is 3. The predicted molar refractivity (Wildman–Crippen MR) is 67.8 cm³/mol. The van der Waals surface area contributed by atoms with Crippen LogP contribution in [0.2, 0.25) is 0 Å². The number of halogens is 1. The molecule has 1 aromatic heterocycles. The van der Waals surface area contributed by atoms with Crippen LogP contribution in [0.1, 0.15) is 5.56 Å². The van der Waals surface area contributed by atoms with Crippen LogP contribution in [0.15, 0.2) is 41.1 Å². The molecular formula is C12H13BrN2O2. The van der Waals surface area contributed by atoms with Gasteiger partial charge < -0.3 is 9.84 Å². The van der Waals surface area contributed by atoms with Gasteiger partial charge in [0, 0.05) is 22.4 Å². The minimum Gasteiger partial charge on any atom is -0.491 e. The van der Waals surface area contributed by atoms with E-state index in [9.17, 15) is 5.11 Å². The molecule has 0 saturated carbocycles. The highest BCUT2D eigenvalue weighted by atomic mass is 79.9. The molecule has 0 spiro atoms. The average Bonchev–Trinajstić information content (AvgIpc) is 2.84. The fourth-order valence-corrected chi connectivity index (χ4v) is 1.90. The van der Waals surface area contributed by atoms with Crippen LogP contribution < -0.4 is 4.74 Å². The second kappa shape index (κ2) is 5.84. The molecule has 4 nitrogen and oxygen atoms in total. The molecule has 0 saturated heterocycles. The third-order valence-corrected chi connectivity index (χ3v) is 2.82. The van der Waals surface area contributed by atoms with Crippen molar-refractivity contribution >= 4 is 15.9 Å². The number of aliphatic hydroxyl groups excluding tert-OH is 1. The summed E-state index contributed by atoms with van der Waals surface area (Å²) in [5, 5.41) is 13.3. The van der Waals surface area contributed by atoms with Gasteiger partial charge in [-0.05, 0) is 24.3 Å². The van der Waals surface area contributed by atoms with E-state index in [0.717, 1.165) is 10.0 Å². The number of hydrogen-bond donors (Lipinski definition) is 1. The highest BCUT2D eigenvalue weighted by Gasteiger charge is 2.03. The fourth-order valence-electron chi connectivity index (χ4n) is 1.49. The molecule has 0 amide bonds. The van der Waals surface area contributed by atoms with Crippen LogP contribution in [0.4, 0.5) is 0 Å². The maximum atomic E-state index is 9.21. The number of rotatable bonds is 5. The smallest absolute Gasteiger partial charge is 0.124 e. The Morgan fingerprint density at radius 3 is 3.00 bits per heavy atom. The van der Waals surface area contributed by atoms with Crippen molar-refractivity contribution in [3.8, 4) is 5.75 Å². The van der Waals surface area contributed by atoms with E-state index >= 15 is 0 Å². The monoisotopic (exact) mass is 296 g/mol. The third-order valence-electron chi connectivity index (χ3n) is 2.33. The molecule has 0 radical (unpaired) electrons. The van der Waals surface area contributed by atoms with Crippen molar-refractivity contribution in [3.63, 3.8) is 0 Å². The molecule has 0 fully saturated rings. The normalized spacial score (nSPS) is 10.5. The summed E-state index contributed by atoms with van der Waals surface area (Å²) < 4.78 is 8.35. The van der Waals surface area contributed by atoms with Gasteiger partial charge in [0.15, 0.2) is 0 Å². The number of ether oxygens (including phenoxy) is 1. The zero-order valence-corrected chi connectivity index (χ0v) is 10.8. The third kappa shape index (κ3) is 3.31. The Balaban J connectivity index is 1.94. The van der Waals surface area contributed by atoms with Crippen LogP contribution in [0, 0.1) is 0 Å². The van der Waals surface area contributed by atoms with E-state index in [2.05, 4.69) is 21.0 Å². The van der Waals surface area contributed by atoms with E-state index in [1.807, 2.05) is 30.5 Å². The average molecular weight is 297 g/mol. The quantitative estimate of drug-likeness (QED) is 0.920. The Hall–Kier alpha value is -1.33. The fraction of sp³-hybridized carbons (Fsp3) is 0.250. The maximum Gasteiger partial charge on any atom is 0.124 e. The van der Waals surface area contributed by atoms with Gasteiger partial charge in [0.05, 0.1) is 13.2 Å². The second-order valence-corrected chi connectivity index (χ2v) is 4.44. The number of benzene rings is 1. The lowest BCUT2D eigenvalue weighted by molar-refractivity contribution is 0.255. The van der Waals surface area contributed by atoms with Gasteiger partial charge in [0.25, 0.3) is 0 Å². The minimum absolute atomic E-state index is 0.0312. The molecule has 5 heteroatoms. The lowest BCUT2D eigenvalue weighted by Crippen LogP contribution is -2.09. The Morgan fingerprint density at radius 2 is 2.29 bits per heavy atom. The molecule has 17 heavy (non-hydrogen) atoms. The summed E-state index contributed by atoms with van der Waals surface area (Å²) in [6, 6.07) is 7.46. The number of nitrogens with zero attached hydrogens (tertiary/aromatic N) is 2. The largest absolute Gasteiger partial charge is 0.491 e. The number of aliphatic hydroxyl groups is 1. The summed E-state index contributed by atoms with van der Waals surface area (Å²) in [4.78, 5) is 0. The van der Waals surface area contributed by atoms with Crippen LogP contribution in [0.5, 0.6) is 5.75 Å². The van der Waals surface area contributed by atoms with Gasteiger partial charge >= 0.3 is 0 Å². The first-order valence-corrected chi connectivity index (χ1v) is 6.08. The van der Waals surface area contributed by atoms with Gasteiger partial charge in [0.2, 0.25) is 0 Å². The summed E-state index contributed by atoms with van der Waals surface area (Å²) in [6.45, 7) is 1.18. The van der Waals surface area contributed by atoms with Crippen LogP contribution in [-0.2, 0) is 13.2 Å². The first-order valence-electron chi connectivity index (χ1n) is 5.29. The highest BCUT2D eigenvalue weighted by molar-refractivity contribution is 9.10. The van der Waals surface area contributed by atoms with Crippen LogP contribution in [0.3, 0.4) is 0 Å². The molecule has 2 rings (SSSR count). The first-order chi connectivity index (χ1) is 8.29. The van der Waals surface area contributed by atoms with Gasteiger partial charge in [-0.25, -0.2) is 0 Å². The molecule has 0 aliphatic rings. The van der Waals surface area contributed by atoms with Crippen LogP contribution in [0.25, 0.3) is 0 Å². The van der Waals surface area contributed by atoms with E-state index in [-0.39, 0.29) is 6.61 Å². The molecule has 0 bridgehead atoms. The zero-order chi connectivity index (χ0) is 12.1. The van der Waals surface area contributed by atoms with Crippen molar-refractivity contribution in [2.24, 2.45) is 0 Å². The zero-order valence-electron chi connectivity index (χ0n) is 9.21. The molecule has 0 atom stereocenters. The summed E-state index contributed by atoms with van der Waals surface area (Å²) in [5.74, 6) is 0.711. The molecular weight excluding hydrogens is 284 g/mol. The summed E-state index contributed by atoms with van der Waals surface area (Å²) in [6.07, 6.45) is 3.62. The molecule has 0 aliphatic carbocycles. The number of aromatic nitrogens is 2. The first kappa shape index (κ1) is 12.1.